The average Bonchev–Trinajstić information content (AvgIpc) is 2.70. The number of alkyl halides is 2. The van der Waals surface area contributed by atoms with Crippen LogP contribution in [-0.2, 0) is 4.74 Å². The number of rotatable bonds is 7. The Morgan fingerprint density at radius 3 is 2.46 bits per heavy atom. The third-order valence-electron chi connectivity index (χ3n) is 5.36. The van der Waals surface area contributed by atoms with E-state index in [0.29, 0.717) is 31.6 Å². The molecule has 5 heteroatoms. The maximum Gasteiger partial charge on any atom is 0.266 e. The zero-order valence-corrected chi connectivity index (χ0v) is 16.4. The molecule has 28 heavy (non-hydrogen) atoms. The number of hydrogen-bond acceptors (Lipinski definition) is 2. The predicted octanol–water partition coefficient (Wildman–Crippen LogP) is 6.89. The summed E-state index contributed by atoms with van der Waals surface area (Å²) < 4.78 is 52.7. The molecule has 3 rings (SSSR count). The van der Waals surface area contributed by atoms with E-state index in [9.17, 15) is 13.2 Å². The Hall–Kier alpha value is -2.01. The lowest BCUT2D eigenvalue weighted by Gasteiger charge is -2.31. The van der Waals surface area contributed by atoms with E-state index in [1.54, 1.807) is 12.1 Å². The van der Waals surface area contributed by atoms with Crippen LogP contribution in [0.4, 0.5) is 13.2 Å². The van der Waals surface area contributed by atoms with E-state index in [4.69, 9.17) is 9.47 Å². The van der Waals surface area contributed by atoms with Gasteiger partial charge in [-0.1, -0.05) is 37.6 Å². The van der Waals surface area contributed by atoms with Crippen molar-refractivity contribution >= 4 is 0 Å². The van der Waals surface area contributed by atoms with Gasteiger partial charge in [-0.2, -0.15) is 0 Å². The molecule has 0 radical (unpaired) electrons. The summed E-state index contributed by atoms with van der Waals surface area (Å²) in [6, 6.07) is 11.0. The summed E-state index contributed by atoms with van der Waals surface area (Å²) in [5.74, 6) is -0.178. The molecule has 1 heterocycles. The molecular formula is C23H27F3O2. The van der Waals surface area contributed by atoms with Crippen LogP contribution >= 0.6 is 0 Å². The molecular weight excluding hydrogens is 365 g/mol. The molecule has 1 aliphatic heterocycles. The molecule has 1 saturated heterocycles. The van der Waals surface area contributed by atoms with E-state index in [2.05, 4.69) is 6.92 Å². The first-order valence-electron chi connectivity index (χ1n) is 9.92. The summed E-state index contributed by atoms with van der Waals surface area (Å²) in [6.07, 6.45) is 0.599. The van der Waals surface area contributed by atoms with Crippen LogP contribution in [0, 0.1) is 12.7 Å². The zero-order valence-electron chi connectivity index (χ0n) is 16.4. The van der Waals surface area contributed by atoms with Gasteiger partial charge in [-0.25, -0.2) is 13.2 Å². The zero-order chi connectivity index (χ0) is 20.1. The largest absolute Gasteiger partial charge is 0.494 e. The van der Waals surface area contributed by atoms with Gasteiger partial charge in [-0.05, 0) is 55.0 Å². The lowest BCUT2D eigenvalue weighted by Crippen LogP contribution is -2.21. The van der Waals surface area contributed by atoms with Crippen molar-refractivity contribution in [2.75, 3.05) is 13.2 Å². The number of halogens is 3. The van der Waals surface area contributed by atoms with Crippen molar-refractivity contribution in [2.45, 2.75) is 58.0 Å². The highest BCUT2D eigenvalue weighted by Crippen LogP contribution is 2.40. The number of hydrogen-bond donors (Lipinski definition) is 0. The number of aryl methyl sites for hydroxylation is 1. The van der Waals surface area contributed by atoms with Gasteiger partial charge in [0, 0.05) is 5.92 Å². The van der Waals surface area contributed by atoms with Gasteiger partial charge in [0.2, 0.25) is 0 Å². The summed E-state index contributed by atoms with van der Waals surface area (Å²) >= 11 is 0. The van der Waals surface area contributed by atoms with Gasteiger partial charge >= 0.3 is 0 Å². The van der Waals surface area contributed by atoms with Crippen molar-refractivity contribution < 1.29 is 22.6 Å². The predicted molar refractivity (Wildman–Crippen MR) is 104 cm³/mol. The quantitative estimate of drug-likeness (QED) is 0.478. The van der Waals surface area contributed by atoms with Crippen LogP contribution in [0.2, 0.25) is 0 Å². The number of unbranched alkanes of at least 4 members (excludes halogenated alkanes) is 1. The van der Waals surface area contributed by atoms with Gasteiger partial charge < -0.3 is 9.47 Å². The van der Waals surface area contributed by atoms with Gasteiger partial charge in [0.1, 0.15) is 11.6 Å². The van der Waals surface area contributed by atoms with E-state index >= 15 is 0 Å². The molecule has 2 unspecified atom stereocenters. The molecule has 2 nitrogen and oxygen atoms in total. The van der Waals surface area contributed by atoms with Gasteiger partial charge in [0.05, 0.1) is 24.9 Å². The molecule has 0 amide bonds. The van der Waals surface area contributed by atoms with Crippen LogP contribution in [0.25, 0.3) is 0 Å². The van der Waals surface area contributed by atoms with E-state index in [0.717, 1.165) is 24.2 Å². The molecule has 0 bridgehead atoms. The minimum atomic E-state index is -2.83. The molecule has 0 aromatic heterocycles. The Kier molecular flexibility index (Phi) is 7.00. The fourth-order valence-corrected chi connectivity index (χ4v) is 3.67. The molecule has 1 aliphatic rings. The third-order valence-corrected chi connectivity index (χ3v) is 5.36. The Labute approximate surface area is 164 Å². The first-order chi connectivity index (χ1) is 13.5. The highest BCUT2D eigenvalue weighted by molar-refractivity contribution is 5.37. The normalized spacial score (nSPS) is 19.8. The van der Waals surface area contributed by atoms with Crippen LogP contribution in [0.5, 0.6) is 5.75 Å². The summed E-state index contributed by atoms with van der Waals surface area (Å²) in [5, 5.41) is 0. The van der Waals surface area contributed by atoms with Crippen LogP contribution in [0.15, 0.2) is 36.4 Å². The van der Waals surface area contributed by atoms with E-state index in [1.165, 1.54) is 6.92 Å². The Bertz CT molecular complexity index is 766. The van der Waals surface area contributed by atoms with Crippen molar-refractivity contribution in [3.8, 4) is 5.75 Å². The number of ether oxygens (including phenoxy) is 2. The van der Waals surface area contributed by atoms with E-state index in [-0.39, 0.29) is 17.6 Å². The smallest absolute Gasteiger partial charge is 0.266 e. The molecule has 0 aliphatic carbocycles. The molecule has 0 spiro atoms. The van der Waals surface area contributed by atoms with Gasteiger partial charge in [-0.3, -0.25) is 0 Å². The maximum atomic E-state index is 14.2. The standard InChI is InChI=1S/C23H27F3O2/c1-3-4-13-27-18-9-6-16(7-10-18)20-12-8-17(14-28-20)19-11-5-15(2)22(24)21(19)23(25)26/h5-7,9-11,17,20,23H,3-4,8,12-14H2,1-2H3. The van der Waals surface area contributed by atoms with Crippen LogP contribution in [0.1, 0.15) is 73.3 Å². The second-order valence-corrected chi connectivity index (χ2v) is 7.37. The average molecular weight is 392 g/mol. The summed E-state index contributed by atoms with van der Waals surface area (Å²) in [7, 11) is 0. The second-order valence-electron chi connectivity index (χ2n) is 7.37. The van der Waals surface area contributed by atoms with Crippen LogP contribution < -0.4 is 4.74 Å². The summed E-state index contributed by atoms with van der Waals surface area (Å²) in [4.78, 5) is 0. The molecule has 2 atom stereocenters. The lowest BCUT2D eigenvalue weighted by atomic mass is 9.86. The lowest BCUT2D eigenvalue weighted by molar-refractivity contribution is 0.00148. The highest BCUT2D eigenvalue weighted by Gasteiger charge is 2.29. The van der Waals surface area contributed by atoms with Crippen LogP contribution in [0.3, 0.4) is 0 Å². The van der Waals surface area contributed by atoms with Gasteiger partial charge in [0.25, 0.3) is 6.43 Å². The first-order valence-corrected chi connectivity index (χ1v) is 9.92. The second kappa shape index (κ2) is 9.46. The Balaban J connectivity index is 1.64. The SMILES string of the molecule is CCCCOc1ccc(C2CCC(c3ccc(C)c(F)c3C(F)F)CO2)cc1. The monoisotopic (exact) mass is 392 g/mol. The highest BCUT2D eigenvalue weighted by atomic mass is 19.3. The summed E-state index contributed by atoms with van der Waals surface area (Å²) in [6.45, 7) is 4.64. The fourth-order valence-electron chi connectivity index (χ4n) is 3.67. The van der Waals surface area contributed by atoms with Crippen molar-refractivity contribution in [1.29, 1.82) is 0 Å². The Morgan fingerprint density at radius 2 is 1.86 bits per heavy atom. The van der Waals surface area contributed by atoms with Crippen molar-refractivity contribution in [3.05, 3.63) is 64.5 Å². The minimum absolute atomic E-state index is 0.0776. The first kappa shape index (κ1) is 20.7. The molecule has 152 valence electrons. The maximum absolute atomic E-state index is 14.2. The topological polar surface area (TPSA) is 18.5 Å². The molecule has 2 aromatic rings. The van der Waals surface area contributed by atoms with Gasteiger partial charge in [0.15, 0.2) is 0 Å². The van der Waals surface area contributed by atoms with Crippen molar-refractivity contribution in [3.63, 3.8) is 0 Å². The molecule has 2 aromatic carbocycles. The number of benzene rings is 2. The van der Waals surface area contributed by atoms with E-state index in [1.807, 2.05) is 24.3 Å². The van der Waals surface area contributed by atoms with Crippen LogP contribution in [-0.4, -0.2) is 13.2 Å². The third kappa shape index (κ3) is 4.69. The summed E-state index contributed by atoms with van der Waals surface area (Å²) in [5.41, 5.74) is 1.19. The minimum Gasteiger partial charge on any atom is -0.494 e. The fraction of sp³-hybridized carbons (Fsp3) is 0.478. The molecule has 0 saturated carbocycles. The van der Waals surface area contributed by atoms with Crippen molar-refractivity contribution in [2.24, 2.45) is 0 Å². The molecule has 1 fully saturated rings. The molecule has 0 N–H and O–H groups in total. The van der Waals surface area contributed by atoms with E-state index < -0.39 is 17.8 Å². The Morgan fingerprint density at radius 1 is 1.11 bits per heavy atom. The van der Waals surface area contributed by atoms with Crippen molar-refractivity contribution in [1.82, 2.24) is 0 Å². The van der Waals surface area contributed by atoms with Gasteiger partial charge in [-0.15, -0.1) is 0 Å².